The fraction of sp³-hybridized carbons (Fsp3) is 0.833. The van der Waals surface area contributed by atoms with E-state index in [4.69, 9.17) is 0 Å². The summed E-state index contributed by atoms with van der Waals surface area (Å²) < 4.78 is 0. The Kier molecular flexibility index (Phi) is 26.9. The first-order valence-electron chi connectivity index (χ1n) is 6.02. The Morgan fingerprint density at radius 2 is 0.778 bits per heavy atom. The molecule has 0 aliphatic carbocycles. The van der Waals surface area contributed by atoms with Crippen molar-refractivity contribution in [2.75, 3.05) is 0 Å². The molecule has 0 aliphatic rings. The van der Waals surface area contributed by atoms with Crippen LogP contribution in [0, 0.1) is 0 Å². The second kappa shape index (κ2) is 19.2. The number of rotatable bonds is 11. The van der Waals surface area contributed by atoms with Crippen molar-refractivity contribution in [3.63, 3.8) is 0 Å². The van der Waals surface area contributed by atoms with E-state index in [0.29, 0.717) is 12.8 Å². The molecule has 0 aromatic carbocycles. The van der Waals surface area contributed by atoms with Gasteiger partial charge < -0.3 is 19.8 Å². The van der Waals surface area contributed by atoms with Gasteiger partial charge in [-0.05, 0) is 25.7 Å². The van der Waals surface area contributed by atoms with Gasteiger partial charge in [0.05, 0.1) is 0 Å². The summed E-state index contributed by atoms with van der Waals surface area (Å²) in [5.41, 5.74) is 0. The number of carbonyl (C=O) groups is 2. The molecule has 0 atom stereocenters. The van der Waals surface area contributed by atoms with Crippen molar-refractivity contribution in [3.8, 4) is 0 Å². The molecule has 6 heteroatoms. The summed E-state index contributed by atoms with van der Waals surface area (Å²) in [7, 11) is 0. The van der Waals surface area contributed by atoms with Crippen molar-refractivity contribution in [1.29, 1.82) is 0 Å². The molecule has 0 bridgehead atoms. The molecule has 94 valence electrons. The van der Waals surface area contributed by atoms with Crippen molar-refractivity contribution in [1.82, 2.24) is 0 Å². The van der Waals surface area contributed by atoms with Crippen LogP contribution < -0.4 is 113 Å². The summed E-state index contributed by atoms with van der Waals surface area (Å²) in [5.74, 6) is -1.94. The van der Waals surface area contributed by atoms with Gasteiger partial charge in [-0.15, -0.1) is 0 Å². The quantitative estimate of drug-likeness (QED) is 0.282. The smallest absolute Gasteiger partial charge is 0.550 e. The third-order valence-electron chi connectivity index (χ3n) is 2.51. The van der Waals surface area contributed by atoms with Crippen LogP contribution in [-0.4, -0.2) is 11.9 Å². The van der Waals surface area contributed by atoms with Crippen molar-refractivity contribution < 1.29 is 123 Å². The van der Waals surface area contributed by atoms with Gasteiger partial charge >= 0.3 is 103 Å². The average molecular weight is 306 g/mol. The molecule has 0 unspecified atom stereocenters. The third kappa shape index (κ3) is 23.3. The van der Waals surface area contributed by atoms with E-state index in [1.165, 1.54) is 0 Å². The van der Waals surface area contributed by atoms with Gasteiger partial charge in [-0.2, -0.15) is 0 Å². The van der Waals surface area contributed by atoms with Crippen molar-refractivity contribution >= 4 is 11.9 Å². The van der Waals surface area contributed by atoms with Crippen molar-refractivity contribution in [2.45, 2.75) is 64.2 Å². The van der Waals surface area contributed by atoms with Gasteiger partial charge in [0, 0.05) is 11.9 Å². The van der Waals surface area contributed by atoms with E-state index in [0.717, 1.165) is 38.5 Å². The Bertz CT molecular complexity index is 188. The zero-order valence-corrected chi connectivity index (χ0v) is 18.0. The first-order chi connectivity index (χ1) is 7.63. The number of carboxylic acid groups (broad SMARTS) is 2. The summed E-state index contributed by atoms with van der Waals surface area (Å²) in [6.45, 7) is 0. The molecule has 0 N–H and O–H groups in total. The van der Waals surface area contributed by atoms with E-state index in [1.807, 2.05) is 0 Å². The number of carboxylic acids is 2. The van der Waals surface area contributed by atoms with Crippen LogP contribution >= 0.6 is 0 Å². The molecular weight excluding hydrogens is 286 g/mol. The Morgan fingerprint density at radius 3 is 1.00 bits per heavy atom. The van der Waals surface area contributed by atoms with Crippen molar-refractivity contribution in [2.24, 2.45) is 0 Å². The van der Waals surface area contributed by atoms with Gasteiger partial charge in [0.2, 0.25) is 0 Å². The van der Waals surface area contributed by atoms with Gasteiger partial charge in [0.25, 0.3) is 0 Å². The summed E-state index contributed by atoms with van der Waals surface area (Å²) in [4.78, 5) is 20.2. The first-order valence-corrected chi connectivity index (χ1v) is 6.02. The molecule has 0 saturated heterocycles. The minimum absolute atomic E-state index is 0. The number of aliphatic carboxylic acids is 2. The normalized spacial score (nSPS) is 9.11. The van der Waals surface area contributed by atoms with E-state index in [-0.39, 0.29) is 116 Å². The molecular formula is C12H20K2O4. The van der Waals surface area contributed by atoms with Gasteiger partial charge in [0.1, 0.15) is 0 Å². The molecule has 0 radical (unpaired) electrons. The van der Waals surface area contributed by atoms with Gasteiger partial charge in [-0.25, -0.2) is 0 Å². The van der Waals surface area contributed by atoms with E-state index in [9.17, 15) is 19.8 Å². The van der Waals surface area contributed by atoms with Crippen LogP contribution in [0.4, 0.5) is 0 Å². The monoisotopic (exact) mass is 306 g/mol. The van der Waals surface area contributed by atoms with Gasteiger partial charge in [-0.3, -0.25) is 0 Å². The van der Waals surface area contributed by atoms with E-state index >= 15 is 0 Å². The zero-order valence-electron chi connectivity index (χ0n) is 11.7. The molecule has 0 heterocycles. The molecule has 18 heavy (non-hydrogen) atoms. The molecule has 0 spiro atoms. The standard InChI is InChI=1S/C12H22O4.2K/c13-11(14)9-7-5-3-1-2-4-6-8-10-12(15)16;;/h1-10H2,(H,13,14)(H,15,16);;/q;2*+1/p-2. The Hall–Kier alpha value is 2.21. The molecule has 0 aliphatic heterocycles. The first kappa shape index (κ1) is 25.2. The zero-order chi connectivity index (χ0) is 12.2. The van der Waals surface area contributed by atoms with Crippen LogP contribution in [0.3, 0.4) is 0 Å². The maximum absolute atomic E-state index is 10.1. The van der Waals surface area contributed by atoms with Gasteiger partial charge in [0.15, 0.2) is 0 Å². The Labute approximate surface area is 195 Å². The topological polar surface area (TPSA) is 80.3 Å². The fourth-order valence-corrected chi connectivity index (χ4v) is 1.60. The summed E-state index contributed by atoms with van der Waals surface area (Å²) in [6.07, 6.45) is 7.88. The Morgan fingerprint density at radius 1 is 0.556 bits per heavy atom. The molecule has 0 fully saturated rings. The van der Waals surface area contributed by atoms with E-state index in [1.54, 1.807) is 0 Å². The van der Waals surface area contributed by atoms with Gasteiger partial charge in [-0.1, -0.05) is 38.5 Å². The largest absolute Gasteiger partial charge is 1.00 e. The fourth-order valence-electron chi connectivity index (χ4n) is 1.60. The van der Waals surface area contributed by atoms with Crippen molar-refractivity contribution in [3.05, 3.63) is 0 Å². The molecule has 0 aromatic heterocycles. The summed E-state index contributed by atoms with van der Waals surface area (Å²) >= 11 is 0. The third-order valence-corrected chi connectivity index (χ3v) is 2.51. The molecule has 0 saturated carbocycles. The molecule has 0 aromatic rings. The van der Waals surface area contributed by atoms with Crippen LogP contribution in [0.1, 0.15) is 64.2 Å². The molecule has 0 rings (SSSR count). The van der Waals surface area contributed by atoms with Crippen LogP contribution in [-0.2, 0) is 9.59 Å². The second-order valence-corrected chi connectivity index (χ2v) is 4.07. The summed E-state index contributed by atoms with van der Waals surface area (Å²) in [6, 6.07) is 0. The SMILES string of the molecule is O=C([O-])CCCCCCCCCCC(=O)[O-].[K+].[K+]. The maximum atomic E-state index is 10.1. The minimum Gasteiger partial charge on any atom is -0.550 e. The van der Waals surface area contributed by atoms with Crippen LogP contribution in [0.25, 0.3) is 0 Å². The average Bonchev–Trinajstić information content (AvgIpc) is 2.20. The molecule has 0 amide bonds. The predicted molar refractivity (Wildman–Crippen MR) is 56.2 cm³/mol. The minimum atomic E-state index is -0.970. The predicted octanol–water partition coefficient (Wildman–Crippen LogP) is -5.60. The van der Waals surface area contributed by atoms with Crippen LogP contribution in [0.5, 0.6) is 0 Å². The van der Waals surface area contributed by atoms with Crippen LogP contribution in [0.15, 0.2) is 0 Å². The maximum Gasteiger partial charge on any atom is 1.00 e. The van der Waals surface area contributed by atoms with E-state index in [2.05, 4.69) is 0 Å². The number of unbranched alkanes of at least 4 members (excludes halogenated alkanes) is 7. The molecule has 4 nitrogen and oxygen atoms in total. The second-order valence-electron chi connectivity index (χ2n) is 4.07. The Balaban J connectivity index is -0.00000112. The van der Waals surface area contributed by atoms with Crippen LogP contribution in [0.2, 0.25) is 0 Å². The summed E-state index contributed by atoms with van der Waals surface area (Å²) in [5, 5.41) is 20.2. The number of hydrogen-bond acceptors (Lipinski definition) is 4. The number of carbonyl (C=O) groups excluding carboxylic acids is 2. The number of hydrogen-bond donors (Lipinski definition) is 0. The van der Waals surface area contributed by atoms with E-state index < -0.39 is 11.9 Å².